The Labute approximate surface area is 134 Å². The summed E-state index contributed by atoms with van der Waals surface area (Å²) in [5, 5.41) is 3.16. The fraction of sp³-hybridized carbons (Fsp3) is 0.176. The number of hydrogen-bond donors (Lipinski definition) is 1. The van der Waals surface area contributed by atoms with Crippen LogP contribution >= 0.6 is 11.6 Å². The first kappa shape index (κ1) is 16.0. The van der Waals surface area contributed by atoms with E-state index in [0.717, 1.165) is 11.1 Å². The summed E-state index contributed by atoms with van der Waals surface area (Å²) in [5.41, 5.74) is 3.12. The molecule has 0 aromatic heterocycles. The van der Waals surface area contributed by atoms with Gasteiger partial charge in [-0.3, -0.25) is 4.79 Å². The van der Waals surface area contributed by atoms with Gasteiger partial charge in [-0.25, -0.2) is 4.79 Å². The molecular weight excluding hydrogens is 302 g/mol. The Morgan fingerprint density at radius 2 is 1.82 bits per heavy atom. The lowest BCUT2D eigenvalue weighted by atomic mass is 10.1. The standard InChI is InChI=1S/C17H16ClNO3/c1-10-4-7-13(14(18)8-10)16(20)19-15-9-12(17(21)22-3)6-5-11(15)2/h4-9H,1-3H3,(H,19,20). The molecular formula is C17H16ClNO3. The first-order valence-corrected chi connectivity index (χ1v) is 7.06. The van der Waals surface area contributed by atoms with Crippen molar-refractivity contribution in [2.24, 2.45) is 0 Å². The molecule has 0 saturated heterocycles. The van der Waals surface area contributed by atoms with E-state index in [2.05, 4.69) is 10.1 Å². The zero-order valence-electron chi connectivity index (χ0n) is 12.6. The van der Waals surface area contributed by atoms with E-state index in [0.29, 0.717) is 21.8 Å². The molecule has 0 heterocycles. The molecule has 2 aromatic carbocycles. The lowest BCUT2D eigenvalue weighted by Crippen LogP contribution is -2.14. The number of carbonyl (C=O) groups excluding carboxylic acids is 2. The normalized spacial score (nSPS) is 10.2. The van der Waals surface area contributed by atoms with Crippen LogP contribution in [-0.4, -0.2) is 19.0 Å². The molecule has 2 rings (SSSR count). The van der Waals surface area contributed by atoms with Gasteiger partial charge in [-0.1, -0.05) is 23.7 Å². The summed E-state index contributed by atoms with van der Waals surface area (Å²) in [5.74, 6) is -0.779. The Hall–Kier alpha value is -2.33. The first-order valence-electron chi connectivity index (χ1n) is 6.69. The number of methoxy groups -OCH3 is 1. The van der Waals surface area contributed by atoms with E-state index in [-0.39, 0.29) is 5.91 Å². The van der Waals surface area contributed by atoms with E-state index in [1.165, 1.54) is 7.11 Å². The first-order chi connectivity index (χ1) is 10.4. The second-order valence-corrected chi connectivity index (χ2v) is 5.37. The summed E-state index contributed by atoms with van der Waals surface area (Å²) in [6.45, 7) is 3.74. The van der Waals surface area contributed by atoms with Crippen LogP contribution in [0.25, 0.3) is 0 Å². The van der Waals surface area contributed by atoms with Crippen LogP contribution in [0.1, 0.15) is 31.8 Å². The summed E-state index contributed by atoms with van der Waals surface area (Å²) in [6, 6.07) is 10.2. The lowest BCUT2D eigenvalue weighted by Gasteiger charge is -2.11. The number of halogens is 1. The van der Waals surface area contributed by atoms with Crippen molar-refractivity contribution in [3.63, 3.8) is 0 Å². The van der Waals surface area contributed by atoms with Crippen LogP contribution in [0, 0.1) is 13.8 Å². The SMILES string of the molecule is COC(=O)c1ccc(C)c(NC(=O)c2ccc(C)cc2Cl)c1. The highest BCUT2D eigenvalue weighted by molar-refractivity contribution is 6.34. The molecule has 0 aliphatic heterocycles. The van der Waals surface area contributed by atoms with Gasteiger partial charge in [-0.15, -0.1) is 0 Å². The average Bonchev–Trinajstić information content (AvgIpc) is 2.48. The van der Waals surface area contributed by atoms with Crippen molar-refractivity contribution >= 4 is 29.2 Å². The van der Waals surface area contributed by atoms with Crippen LogP contribution in [0.5, 0.6) is 0 Å². The monoisotopic (exact) mass is 317 g/mol. The molecule has 0 atom stereocenters. The topological polar surface area (TPSA) is 55.4 Å². The van der Waals surface area contributed by atoms with Gasteiger partial charge in [0.1, 0.15) is 0 Å². The van der Waals surface area contributed by atoms with E-state index in [1.54, 1.807) is 30.3 Å². The molecule has 0 spiro atoms. The molecule has 0 radical (unpaired) electrons. The number of hydrogen-bond acceptors (Lipinski definition) is 3. The van der Waals surface area contributed by atoms with Gasteiger partial charge in [0.15, 0.2) is 0 Å². The van der Waals surface area contributed by atoms with Gasteiger partial charge in [-0.2, -0.15) is 0 Å². The largest absolute Gasteiger partial charge is 0.465 e. The summed E-state index contributed by atoms with van der Waals surface area (Å²) in [4.78, 5) is 23.9. The van der Waals surface area contributed by atoms with E-state index < -0.39 is 5.97 Å². The Kier molecular flexibility index (Phi) is 4.83. The minimum absolute atomic E-state index is 0.324. The summed E-state index contributed by atoms with van der Waals surface area (Å²) >= 11 is 6.10. The lowest BCUT2D eigenvalue weighted by molar-refractivity contribution is 0.0600. The maximum Gasteiger partial charge on any atom is 0.337 e. The number of carbonyl (C=O) groups is 2. The number of anilines is 1. The summed E-state index contributed by atoms with van der Waals surface area (Å²) < 4.78 is 4.68. The minimum atomic E-state index is -0.455. The summed E-state index contributed by atoms with van der Waals surface area (Å²) in [6.07, 6.45) is 0. The van der Waals surface area contributed by atoms with E-state index in [4.69, 9.17) is 11.6 Å². The van der Waals surface area contributed by atoms with Crippen LogP contribution in [0.4, 0.5) is 5.69 Å². The van der Waals surface area contributed by atoms with Gasteiger partial charge in [0, 0.05) is 5.69 Å². The van der Waals surface area contributed by atoms with Crippen LogP contribution < -0.4 is 5.32 Å². The highest BCUT2D eigenvalue weighted by atomic mass is 35.5. The molecule has 0 aliphatic carbocycles. The molecule has 1 amide bonds. The van der Waals surface area contributed by atoms with Crippen molar-refractivity contribution in [1.29, 1.82) is 0 Å². The van der Waals surface area contributed by atoms with Crippen molar-refractivity contribution < 1.29 is 14.3 Å². The minimum Gasteiger partial charge on any atom is -0.465 e. The molecule has 0 saturated carbocycles. The predicted molar refractivity (Wildman–Crippen MR) is 86.7 cm³/mol. The number of benzene rings is 2. The van der Waals surface area contributed by atoms with E-state index in [9.17, 15) is 9.59 Å². The average molecular weight is 318 g/mol. The van der Waals surface area contributed by atoms with Crippen molar-refractivity contribution in [2.75, 3.05) is 12.4 Å². The number of rotatable bonds is 3. The number of aryl methyl sites for hydroxylation is 2. The van der Waals surface area contributed by atoms with Crippen molar-refractivity contribution in [3.05, 3.63) is 63.7 Å². The zero-order chi connectivity index (χ0) is 16.3. The highest BCUT2D eigenvalue weighted by Crippen LogP contribution is 2.22. The number of amides is 1. The van der Waals surface area contributed by atoms with Gasteiger partial charge in [-0.05, 0) is 49.2 Å². The molecule has 0 aliphatic rings. The molecule has 2 aromatic rings. The number of nitrogens with one attached hydrogen (secondary N) is 1. The fourth-order valence-electron chi connectivity index (χ4n) is 2.00. The molecule has 4 nitrogen and oxygen atoms in total. The third kappa shape index (κ3) is 3.46. The van der Waals surface area contributed by atoms with Crippen molar-refractivity contribution in [2.45, 2.75) is 13.8 Å². The Balaban J connectivity index is 2.29. The van der Waals surface area contributed by atoms with Gasteiger partial charge < -0.3 is 10.1 Å². The van der Waals surface area contributed by atoms with Crippen LogP contribution in [-0.2, 0) is 4.74 Å². The molecule has 5 heteroatoms. The molecule has 0 fully saturated rings. The number of ether oxygens (including phenoxy) is 1. The van der Waals surface area contributed by atoms with Crippen LogP contribution in [0.15, 0.2) is 36.4 Å². The molecule has 114 valence electrons. The van der Waals surface area contributed by atoms with Crippen molar-refractivity contribution in [1.82, 2.24) is 0 Å². The highest BCUT2D eigenvalue weighted by Gasteiger charge is 2.13. The van der Waals surface area contributed by atoms with Crippen molar-refractivity contribution in [3.8, 4) is 0 Å². The van der Waals surface area contributed by atoms with Gasteiger partial charge in [0.05, 0.1) is 23.3 Å². The maximum atomic E-state index is 12.3. The Bertz CT molecular complexity index is 741. The Morgan fingerprint density at radius 1 is 1.09 bits per heavy atom. The van der Waals surface area contributed by atoms with E-state index >= 15 is 0 Å². The van der Waals surface area contributed by atoms with Gasteiger partial charge in [0.25, 0.3) is 5.91 Å². The maximum absolute atomic E-state index is 12.3. The molecule has 1 N–H and O–H groups in total. The summed E-state index contributed by atoms with van der Waals surface area (Å²) in [7, 11) is 1.31. The van der Waals surface area contributed by atoms with Gasteiger partial charge in [0.2, 0.25) is 0 Å². The van der Waals surface area contributed by atoms with Crippen LogP contribution in [0.2, 0.25) is 5.02 Å². The van der Waals surface area contributed by atoms with Crippen LogP contribution in [0.3, 0.4) is 0 Å². The molecule has 0 unspecified atom stereocenters. The quantitative estimate of drug-likeness (QED) is 0.871. The smallest absolute Gasteiger partial charge is 0.337 e. The Morgan fingerprint density at radius 3 is 2.45 bits per heavy atom. The zero-order valence-corrected chi connectivity index (χ0v) is 13.3. The molecule has 0 bridgehead atoms. The predicted octanol–water partition coefficient (Wildman–Crippen LogP) is 4.00. The second-order valence-electron chi connectivity index (χ2n) is 4.96. The van der Waals surface area contributed by atoms with E-state index in [1.807, 2.05) is 19.9 Å². The molecule has 22 heavy (non-hydrogen) atoms. The third-order valence-electron chi connectivity index (χ3n) is 3.28. The fourth-order valence-corrected chi connectivity index (χ4v) is 2.32. The second kappa shape index (κ2) is 6.62. The van der Waals surface area contributed by atoms with Gasteiger partial charge >= 0.3 is 5.97 Å². The third-order valence-corrected chi connectivity index (χ3v) is 3.59. The number of esters is 1.